The van der Waals surface area contributed by atoms with Crippen molar-refractivity contribution in [3.05, 3.63) is 0 Å². The SMILES string of the molecule is CCN1CCN(C(=O)C2(C(N)=S)CCC2)CC1C. The molecule has 2 rings (SSSR count). The van der Waals surface area contributed by atoms with Crippen LogP contribution in [0.1, 0.15) is 33.1 Å². The fraction of sp³-hybridized carbons (Fsp3) is 0.846. The first kappa shape index (κ1) is 13.7. The molecule has 0 bridgehead atoms. The number of carbonyl (C=O) groups excluding carboxylic acids is 1. The van der Waals surface area contributed by atoms with Gasteiger partial charge in [0.1, 0.15) is 0 Å². The quantitative estimate of drug-likeness (QED) is 0.777. The zero-order chi connectivity index (χ0) is 13.3. The Morgan fingerprint density at radius 2 is 2.11 bits per heavy atom. The maximum absolute atomic E-state index is 12.6. The third-order valence-corrected chi connectivity index (χ3v) is 4.94. The lowest BCUT2D eigenvalue weighted by molar-refractivity contribution is -0.144. The van der Waals surface area contributed by atoms with Crippen LogP contribution in [0.4, 0.5) is 0 Å². The molecule has 2 N–H and O–H groups in total. The van der Waals surface area contributed by atoms with Crippen LogP contribution in [0.2, 0.25) is 0 Å². The van der Waals surface area contributed by atoms with Crippen molar-refractivity contribution < 1.29 is 4.79 Å². The van der Waals surface area contributed by atoms with E-state index in [1.807, 2.05) is 4.90 Å². The summed E-state index contributed by atoms with van der Waals surface area (Å²) in [6, 6.07) is 0.427. The molecule has 0 aromatic carbocycles. The molecule has 0 aromatic rings. The standard InChI is InChI=1S/C13H23N3OS/c1-3-15-7-8-16(9-10(15)2)12(17)13(11(14)18)5-4-6-13/h10H,3-9H2,1-2H3,(H2,14,18). The van der Waals surface area contributed by atoms with Gasteiger partial charge in [-0.3, -0.25) is 9.69 Å². The summed E-state index contributed by atoms with van der Waals surface area (Å²) >= 11 is 5.12. The summed E-state index contributed by atoms with van der Waals surface area (Å²) in [4.78, 5) is 17.4. The Bertz CT molecular complexity index is 354. The molecule has 1 saturated heterocycles. The molecular weight excluding hydrogens is 246 g/mol. The number of likely N-dealkylation sites (N-methyl/N-ethyl adjacent to an activating group) is 1. The van der Waals surface area contributed by atoms with Gasteiger partial charge in [-0.2, -0.15) is 0 Å². The van der Waals surface area contributed by atoms with Gasteiger partial charge in [0.05, 0.1) is 10.4 Å². The summed E-state index contributed by atoms with van der Waals surface area (Å²) in [5.74, 6) is 0.170. The Morgan fingerprint density at radius 1 is 1.44 bits per heavy atom. The summed E-state index contributed by atoms with van der Waals surface area (Å²) in [5, 5.41) is 0. The first-order valence-electron chi connectivity index (χ1n) is 6.84. The van der Waals surface area contributed by atoms with Gasteiger partial charge in [-0.05, 0) is 26.3 Å². The lowest BCUT2D eigenvalue weighted by atomic mass is 9.67. The van der Waals surface area contributed by atoms with E-state index >= 15 is 0 Å². The lowest BCUT2D eigenvalue weighted by Crippen LogP contribution is -2.60. The van der Waals surface area contributed by atoms with Crippen molar-refractivity contribution in [1.29, 1.82) is 0 Å². The second-order valence-corrected chi connectivity index (χ2v) is 5.97. The average molecular weight is 269 g/mol. The second kappa shape index (κ2) is 5.13. The van der Waals surface area contributed by atoms with E-state index in [1.54, 1.807) is 0 Å². The molecule has 18 heavy (non-hydrogen) atoms. The van der Waals surface area contributed by atoms with E-state index in [0.29, 0.717) is 11.0 Å². The Hall–Kier alpha value is -0.680. The van der Waals surface area contributed by atoms with Crippen LogP contribution >= 0.6 is 12.2 Å². The van der Waals surface area contributed by atoms with Gasteiger partial charge in [0, 0.05) is 25.7 Å². The van der Waals surface area contributed by atoms with E-state index in [9.17, 15) is 4.79 Å². The van der Waals surface area contributed by atoms with Crippen molar-refractivity contribution in [3.8, 4) is 0 Å². The predicted octanol–water partition coefficient (Wildman–Crippen LogP) is 0.995. The summed E-state index contributed by atoms with van der Waals surface area (Å²) in [6.45, 7) is 7.95. The molecule has 5 heteroatoms. The van der Waals surface area contributed by atoms with Gasteiger partial charge >= 0.3 is 0 Å². The Balaban J connectivity index is 2.04. The Kier molecular flexibility index (Phi) is 3.92. The van der Waals surface area contributed by atoms with E-state index in [4.69, 9.17) is 18.0 Å². The Labute approximate surface area is 114 Å². The van der Waals surface area contributed by atoms with Gasteiger partial charge in [0.25, 0.3) is 0 Å². The van der Waals surface area contributed by atoms with Gasteiger partial charge in [-0.25, -0.2) is 0 Å². The first-order chi connectivity index (χ1) is 8.51. The molecule has 102 valence electrons. The zero-order valence-corrected chi connectivity index (χ0v) is 12.1. The molecular formula is C13H23N3OS. The van der Waals surface area contributed by atoms with Crippen LogP contribution in [-0.4, -0.2) is 52.9 Å². The first-order valence-corrected chi connectivity index (χ1v) is 7.25. The third-order valence-electron chi connectivity index (χ3n) is 4.55. The van der Waals surface area contributed by atoms with Gasteiger partial charge in [0.2, 0.25) is 5.91 Å². The van der Waals surface area contributed by atoms with Gasteiger partial charge in [0.15, 0.2) is 0 Å². The highest BCUT2D eigenvalue weighted by molar-refractivity contribution is 7.80. The molecule has 2 aliphatic rings. The molecule has 0 spiro atoms. The molecule has 1 aliphatic carbocycles. The van der Waals surface area contributed by atoms with E-state index in [-0.39, 0.29) is 5.91 Å². The number of nitrogens with two attached hydrogens (primary N) is 1. The van der Waals surface area contributed by atoms with Crippen LogP contribution in [0, 0.1) is 5.41 Å². The second-order valence-electron chi connectivity index (χ2n) is 5.53. The van der Waals surface area contributed by atoms with Crippen molar-refractivity contribution in [3.63, 3.8) is 0 Å². The molecule has 0 radical (unpaired) electrons. The maximum Gasteiger partial charge on any atom is 0.235 e. The number of piperazine rings is 1. The normalized spacial score (nSPS) is 27.7. The monoisotopic (exact) mass is 269 g/mol. The molecule has 1 aliphatic heterocycles. The van der Waals surface area contributed by atoms with Crippen LogP contribution in [0.3, 0.4) is 0 Å². The van der Waals surface area contributed by atoms with Gasteiger partial charge < -0.3 is 10.6 Å². The van der Waals surface area contributed by atoms with Crippen molar-refractivity contribution in [2.45, 2.75) is 39.2 Å². The predicted molar refractivity (Wildman–Crippen MR) is 76.4 cm³/mol. The minimum atomic E-state index is -0.510. The fourth-order valence-corrected chi connectivity index (χ4v) is 3.34. The van der Waals surface area contributed by atoms with Crippen LogP contribution < -0.4 is 5.73 Å². The highest BCUT2D eigenvalue weighted by atomic mass is 32.1. The smallest absolute Gasteiger partial charge is 0.235 e. The highest BCUT2D eigenvalue weighted by Crippen LogP contribution is 2.43. The molecule has 1 saturated carbocycles. The molecule has 1 heterocycles. The van der Waals surface area contributed by atoms with Crippen LogP contribution in [0.5, 0.6) is 0 Å². The Morgan fingerprint density at radius 3 is 2.50 bits per heavy atom. The van der Waals surface area contributed by atoms with E-state index in [1.165, 1.54) is 0 Å². The average Bonchev–Trinajstić information content (AvgIpc) is 2.26. The van der Waals surface area contributed by atoms with Gasteiger partial charge in [-0.1, -0.05) is 25.6 Å². The number of hydrogen-bond acceptors (Lipinski definition) is 3. The minimum absolute atomic E-state index is 0.170. The number of hydrogen-bond donors (Lipinski definition) is 1. The summed E-state index contributed by atoms with van der Waals surface area (Å²) < 4.78 is 0. The third kappa shape index (κ3) is 2.14. The van der Waals surface area contributed by atoms with Crippen molar-refractivity contribution in [1.82, 2.24) is 9.80 Å². The number of rotatable bonds is 3. The zero-order valence-electron chi connectivity index (χ0n) is 11.3. The molecule has 2 fully saturated rings. The number of thiocarbonyl (C=S) groups is 1. The number of carbonyl (C=O) groups is 1. The minimum Gasteiger partial charge on any atom is -0.392 e. The lowest BCUT2D eigenvalue weighted by Gasteiger charge is -2.46. The summed E-state index contributed by atoms with van der Waals surface area (Å²) in [5.41, 5.74) is 5.29. The van der Waals surface area contributed by atoms with Crippen molar-refractivity contribution in [2.75, 3.05) is 26.2 Å². The van der Waals surface area contributed by atoms with Gasteiger partial charge in [-0.15, -0.1) is 0 Å². The van der Waals surface area contributed by atoms with Crippen LogP contribution in [0.15, 0.2) is 0 Å². The van der Waals surface area contributed by atoms with Crippen LogP contribution in [0.25, 0.3) is 0 Å². The molecule has 1 unspecified atom stereocenters. The van der Waals surface area contributed by atoms with Crippen molar-refractivity contribution in [2.24, 2.45) is 11.1 Å². The number of nitrogens with zero attached hydrogens (tertiary/aromatic N) is 2. The highest BCUT2D eigenvalue weighted by Gasteiger charge is 2.49. The largest absolute Gasteiger partial charge is 0.392 e. The van der Waals surface area contributed by atoms with E-state index in [2.05, 4.69) is 18.7 Å². The molecule has 1 atom stereocenters. The fourth-order valence-electron chi connectivity index (χ4n) is 3.05. The molecule has 1 amide bonds. The van der Waals surface area contributed by atoms with E-state index in [0.717, 1.165) is 45.4 Å². The summed E-state index contributed by atoms with van der Waals surface area (Å²) in [6.07, 6.45) is 2.74. The van der Waals surface area contributed by atoms with Crippen LogP contribution in [-0.2, 0) is 4.79 Å². The van der Waals surface area contributed by atoms with E-state index < -0.39 is 5.41 Å². The topological polar surface area (TPSA) is 49.6 Å². The maximum atomic E-state index is 12.6. The number of amides is 1. The molecule has 4 nitrogen and oxygen atoms in total. The van der Waals surface area contributed by atoms with Crippen molar-refractivity contribution >= 4 is 23.1 Å². The molecule has 0 aromatic heterocycles. The summed E-state index contributed by atoms with van der Waals surface area (Å²) in [7, 11) is 0.